The fraction of sp³-hybridized carbons (Fsp3) is 0.158. The molecule has 0 bridgehead atoms. The largest absolute Gasteiger partial charge is 0.326 e. The molecule has 0 fully saturated rings. The van der Waals surface area contributed by atoms with Gasteiger partial charge in [-0.15, -0.1) is 0 Å². The van der Waals surface area contributed by atoms with E-state index in [1.165, 1.54) is 24.3 Å². The zero-order valence-corrected chi connectivity index (χ0v) is 17.9. The summed E-state index contributed by atoms with van der Waals surface area (Å²) in [5.41, 5.74) is 3.62. The van der Waals surface area contributed by atoms with Gasteiger partial charge in [0.05, 0.1) is 21.5 Å². The number of hydrazine groups is 1. The topological polar surface area (TPSA) is 186 Å². The molecule has 2 rings (SSSR count). The Morgan fingerprint density at radius 3 is 1.97 bits per heavy atom. The van der Waals surface area contributed by atoms with Crippen molar-refractivity contribution in [1.29, 1.82) is 0 Å². The lowest BCUT2D eigenvalue weighted by atomic mass is 10.1. The van der Waals surface area contributed by atoms with Crippen molar-refractivity contribution in [2.75, 3.05) is 5.32 Å². The number of rotatable bonds is 7. The summed E-state index contributed by atoms with van der Waals surface area (Å²) < 4.78 is 0. The third-order valence-electron chi connectivity index (χ3n) is 4.01. The van der Waals surface area contributed by atoms with Crippen LogP contribution in [-0.2, 0) is 4.79 Å². The molecule has 0 saturated heterocycles. The second-order valence-electron chi connectivity index (χ2n) is 6.49. The van der Waals surface area contributed by atoms with Gasteiger partial charge in [-0.25, -0.2) is 0 Å². The zero-order chi connectivity index (χ0) is 24.5. The van der Waals surface area contributed by atoms with Crippen LogP contribution in [0.1, 0.15) is 40.5 Å². The Morgan fingerprint density at radius 2 is 1.45 bits per heavy atom. The first kappa shape index (κ1) is 24.8. The van der Waals surface area contributed by atoms with Crippen LogP contribution in [0.2, 0.25) is 0 Å². The minimum atomic E-state index is -0.958. The molecule has 0 aliphatic carbocycles. The van der Waals surface area contributed by atoms with E-state index in [0.29, 0.717) is 24.6 Å². The highest BCUT2D eigenvalue weighted by Crippen LogP contribution is 2.22. The number of nitrogens with zero attached hydrogens (tertiary/aromatic N) is 2. The molecule has 0 unspecified atom stereocenters. The Morgan fingerprint density at radius 1 is 0.879 bits per heavy atom. The van der Waals surface area contributed by atoms with E-state index in [-0.39, 0.29) is 22.1 Å². The number of carbonyl (C=O) groups excluding carboxylic acids is 3. The lowest BCUT2D eigenvalue weighted by molar-refractivity contribution is -0.394. The Kier molecular flexibility index (Phi) is 8.45. The SMILES string of the molecule is CCCC(=O)Nc1ccc(C(=O)NNC(=S)NC(=O)c2cc([N+](=O)[O-])cc([N+](=O)[O-])c2)cc1. The van der Waals surface area contributed by atoms with Crippen LogP contribution in [0.3, 0.4) is 0 Å². The van der Waals surface area contributed by atoms with E-state index in [1.54, 1.807) is 0 Å². The summed E-state index contributed by atoms with van der Waals surface area (Å²) in [6, 6.07) is 8.42. The molecule has 0 aliphatic rings. The molecule has 0 spiro atoms. The summed E-state index contributed by atoms with van der Waals surface area (Å²) in [6.45, 7) is 1.88. The van der Waals surface area contributed by atoms with E-state index in [0.717, 1.165) is 12.1 Å². The normalized spacial score (nSPS) is 9.97. The highest BCUT2D eigenvalue weighted by molar-refractivity contribution is 7.80. The van der Waals surface area contributed by atoms with Gasteiger partial charge in [0, 0.05) is 29.8 Å². The van der Waals surface area contributed by atoms with Crippen molar-refractivity contribution < 1.29 is 24.2 Å². The second-order valence-corrected chi connectivity index (χ2v) is 6.90. The first-order chi connectivity index (χ1) is 15.6. The molecule has 0 aromatic heterocycles. The van der Waals surface area contributed by atoms with E-state index >= 15 is 0 Å². The van der Waals surface area contributed by atoms with Crippen LogP contribution < -0.4 is 21.5 Å². The summed E-state index contributed by atoms with van der Waals surface area (Å²) >= 11 is 4.89. The van der Waals surface area contributed by atoms with Crippen LogP contribution in [0.4, 0.5) is 17.1 Å². The summed E-state index contributed by atoms with van der Waals surface area (Å²) in [5.74, 6) is -1.71. The van der Waals surface area contributed by atoms with Gasteiger partial charge in [0.25, 0.3) is 23.2 Å². The van der Waals surface area contributed by atoms with Gasteiger partial charge in [0.2, 0.25) is 5.91 Å². The number of hydrogen-bond acceptors (Lipinski definition) is 8. The van der Waals surface area contributed by atoms with Gasteiger partial charge in [0.15, 0.2) is 5.11 Å². The summed E-state index contributed by atoms with van der Waals surface area (Å²) in [7, 11) is 0. The molecule has 13 nitrogen and oxygen atoms in total. The predicted molar refractivity (Wildman–Crippen MR) is 120 cm³/mol. The van der Waals surface area contributed by atoms with E-state index in [1.807, 2.05) is 6.92 Å². The molecule has 0 radical (unpaired) electrons. The van der Waals surface area contributed by atoms with Crippen LogP contribution in [-0.4, -0.2) is 32.7 Å². The number of amides is 3. The van der Waals surface area contributed by atoms with Crippen LogP contribution in [0.15, 0.2) is 42.5 Å². The van der Waals surface area contributed by atoms with Gasteiger partial charge >= 0.3 is 0 Å². The first-order valence-corrected chi connectivity index (χ1v) is 9.77. The van der Waals surface area contributed by atoms with Gasteiger partial charge in [-0.2, -0.15) is 0 Å². The first-order valence-electron chi connectivity index (χ1n) is 9.36. The Balaban J connectivity index is 1.95. The number of carbonyl (C=O) groups is 3. The van der Waals surface area contributed by atoms with Crippen molar-refractivity contribution in [2.45, 2.75) is 19.8 Å². The van der Waals surface area contributed by atoms with Gasteiger partial charge in [-0.05, 0) is 42.9 Å². The minimum absolute atomic E-state index is 0.147. The number of thiocarbonyl (C=S) groups is 1. The maximum atomic E-state index is 12.3. The highest BCUT2D eigenvalue weighted by atomic mass is 32.1. The van der Waals surface area contributed by atoms with E-state index in [4.69, 9.17) is 12.2 Å². The molecule has 14 heteroatoms. The van der Waals surface area contributed by atoms with E-state index in [9.17, 15) is 34.6 Å². The molecular formula is C19H18N6O7S. The number of nitro groups is 2. The summed E-state index contributed by atoms with van der Waals surface area (Å²) in [6.07, 6.45) is 1.07. The van der Waals surface area contributed by atoms with Gasteiger partial charge < -0.3 is 5.32 Å². The smallest absolute Gasteiger partial charge is 0.277 e. The maximum absolute atomic E-state index is 12.3. The molecule has 172 valence electrons. The van der Waals surface area contributed by atoms with Crippen molar-refractivity contribution in [2.24, 2.45) is 0 Å². The van der Waals surface area contributed by atoms with Crippen molar-refractivity contribution in [1.82, 2.24) is 16.2 Å². The third kappa shape index (κ3) is 7.32. The predicted octanol–water partition coefficient (Wildman–Crippen LogP) is 2.19. The average molecular weight is 474 g/mol. The van der Waals surface area contributed by atoms with Crippen molar-refractivity contribution in [3.8, 4) is 0 Å². The van der Waals surface area contributed by atoms with E-state index < -0.39 is 33.0 Å². The maximum Gasteiger partial charge on any atom is 0.277 e. The summed E-state index contributed by atoms with van der Waals surface area (Å²) in [4.78, 5) is 56.2. The number of anilines is 1. The number of nitrogens with one attached hydrogen (secondary N) is 4. The lowest BCUT2D eigenvalue weighted by Crippen LogP contribution is -2.48. The van der Waals surface area contributed by atoms with Crippen LogP contribution in [0.5, 0.6) is 0 Å². The van der Waals surface area contributed by atoms with Gasteiger partial charge in [0.1, 0.15) is 0 Å². The summed E-state index contributed by atoms with van der Waals surface area (Å²) in [5, 5.41) is 26.3. The number of non-ortho nitro benzene ring substituents is 2. The molecule has 3 amide bonds. The Bertz CT molecular complexity index is 1090. The molecule has 2 aromatic carbocycles. The minimum Gasteiger partial charge on any atom is -0.326 e. The molecule has 0 heterocycles. The van der Waals surface area contributed by atoms with Crippen molar-refractivity contribution in [3.05, 3.63) is 73.8 Å². The Hall–Kier alpha value is -4.46. The number of hydrogen-bond donors (Lipinski definition) is 4. The number of nitro benzene ring substituents is 2. The molecule has 2 aromatic rings. The molecular weight excluding hydrogens is 456 g/mol. The average Bonchev–Trinajstić information content (AvgIpc) is 2.77. The fourth-order valence-corrected chi connectivity index (χ4v) is 2.63. The zero-order valence-electron chi connectivity index (χ0n) is 17.1. The van der Waals surface area contributed by atoms with Crippen LogP contribution in [0.25, 0.3) is 0 Å². The van der Waals surface area contributed by atoms with Crippen LogP contribution in [0, 0.1) is 20.2 Å². The van der Waals surface area contributed by atoms with E-state index in [2.05, 4.69) is 21.5 Å². The van der Waals surface area contributed by atoms with Gasteiger partial charge in [-0.3, -0.25) is 50.8 Å². The quantitative estimate of drug-likeness (QED) is 0.265. The molecule has 0 atom stereocenters. The molecule has 0 saturated carbocycles. The standard InChI is InChI=1S/C19H18N6O7S/c1-2-3-16(26)20-13-6-4-11(5-7-13)18(28)22-23-19(33)21-17(27)12-8-14(24(29)30)10-15(9-12)25(31)32/h4-10H,2-3H2,1H3,(H,20,26)(H,22,28)(H2,21,23,27,33). The fourth-order valence-electron chi connectivity index (χ4n) is 2.48. The Labute approximate surface area is 191 Å². The molecule has 33 heavy (non-hydrogen) atoms. The number of benzene rings is 2. The van der Waals surface area contributed by atoms with Crippen molar-refractivity contribution >= 4 is 52.1 Å². The van der Waals surface area contributed by atoms with Crippen LogP contribution >= 0.6 is 12.2 Å². The molecule has 4 N–H and O–H groups in total. The highest BCUT2D eigenvalue weighted by Gasteiger charge is 2.20. The monoisotopic (exact) mass is 474 g/mol. The third-order valence-corrected chi connectivity index (χ3v) is 4.22. The second kappa shape index (κ2) is 11.2. The lowest BCUT2D eigenvalue weighted by Gasteiger charge is -2.11. The van der Waals surface area contributed by atoms with Crippen molar-refractivity contribution in [3.63, 3.8) is 0 Å². The molecule has 0 aliphatic heterocycles. The van der Waals surface area contributed by atoms with Gasteiger partial charge in [-0.1, -0.05) is 6.92 Å².